The average Bonchev–Trinajstić information content (AvgIpc) is 2.46. The Hall–Kier alpha value is -2.14. The Morgan fingerprint density at radius 3 is 2.55 bits per heavy atom. The molecular formula is C14H15ClN4O. The summed E-state index contributed by atoms with van der Waals surface area (Å²) in [6.07, 6.45) is 1.92. The van der Waals surface area contributed by atoms with Crippen molar-refractivity contribution < 1.29 is 5.21 Å². The molecule has 104 valence electrons. The summed E-state index contributed by atoms with van der Waals surface area (Å²) in [5.41, 5.74) is 2.12. The van der Waals surface area contributed by atoms with E-state index in [1.54, 1.807) is 12.1 Å². The normalized spacial score (nSPS) is 11.4. The Morgan fingerprint density at radius 2 is 1.95 bits per heavy atom. The Morgan fingerprint density at radius 1 is 1.25 bits per heavy atom. The molecule has 1 N–H and O–H groups in total. The van der Waals surface area contributed by atoms with Crippen LogP contribution in [-0.4, -0.2) is 35.0 Å². The molecule has 0 spiro atoms. The molecule has 1 aromatic carbocycles. The van der Waals surface area contributed by atoms with Crippen molar-refractivity contribution in [2.24, 2.45) is 5.16 Å². The van der Waals surface area contributed by atoms with Crippen LogP contribution in [0, 0.1) is 0 Å². The summed E-state index contributed by atoms with van der Waals surface area (Å²) in [6.45, 7) is 0. The largest absolute Gasteiger partial charge is 0.411 e. The van der Waals surface area contributed by atoms with Gasteiger partial charge in [0.25, 0.3) is 0 Å². The van der Waals surface area contributed by atoms with Crippen LogP contribution in [0.3, 0.4) is 0 Å². The molecule has 0 radical (unpaired) electrons. The number of aromatic nitrogens is 2. The molecule has 0 amide bonds. The maximum Gasteiger partial charge on any atom is 0.131 e. The van der Waals surface area contributed by atoms with Crippen LogP contribution in [-0.2, 0) is 6.42 Å². The Kier molecular flexibility index (Phi) is 4.53. The number of hydrogen-bond acceptors (Lipinski definition) is 5. The lowest BCUT2D eigenvalue weighted by Gasteiger charge is -2.11. The average molecular weight is 291 g/mol. The molecule has 2 rings (SSSR count). The summed E-state index contributed by atoms with van der Waals surface area (Å²) < 4.78 is 0. The minimum absolute atomic E-state index is 0.418. The van der Waals surface area contributed by atoms with E-state index < -0.39 is 0 Å². The first kappa shape index (κ1) is 14.3. The van der Waals surface area contributed by atoms with Crippen LogP contribution in [0.15, 0.2) is 41.8 Å². The van der Waals surface area contributed by atoms with E-state index in [0.29, 0.717) is 17.2 Å². The van der Waals surface area contributed by atoms with Gasteiger partial charge in [-0.15, -0.1) is 0 Å². The number of anilines is 1. The number of halogens is 1. The smallest absolute Gasteiger partial charge is 0.131 e. The van der Waals surface area contributed by atoms with Gasteiger partial charge in [0.05, 0.1) is 11.4 Å². The predicted molar refractivity (Wildman–Crippen MR) is 79.8 cm³/mol. The van der Waals surface area contributed by atoms with Crippen molar-refractivity contribution in [3.63, 3.8) is 0 Å². The molecule has 2 aromatic rings. The fraction of sp³-hybridized carbons (Fsp3) is 0.214. The maximum atomic E-state index is 9.19. The summed E-state index contributed by atoms with van der Waals surface area (Å²) in [5.74, 6) is 0.809. The standard InChI is InChI=1S/C14H15ClN4O/c1-19(2)14-8-12(16-9-17-14)7-13(18-20)10-3-5-11(15)6-4-10/h3-6,8-9,20H,7H2,1-2H3. The van der Waals surface area contributed by atoms with Gasteiger partial charge >= 0.3 is 0 Å². The third-order valence-corrected chi connectivity index (χ3v) is 3.07. The van der Waals surface area contributed by atoms with Gasteiger partial charge in [-0.25, -0.2) is 9.97 Å². The van der Waals surface area contributed by atoms with Crippen LogP contribution >= 0.6 is 11.6 Å². The highest BCUT2D eigenvalue weighted by atomic mass is 35.5. The highest BCUT2D eigenvalue weighted by Crippen LogP contribution is 2.14. The van der Waals surface area contributed by atoms with Gasteiger partial charge in [0.15, 0.2) is 0 Å². The minimum Gasteiger partial charge on any atom is -0.411 e. The molecule has 0 bridgehead atoms. The van der Waals surface area contributed by atoms with E-state index in [1.807, 2.05) is 37.2 Å². The first-order valence-corrected chi connectivity index (χ1v) is 6.43. The van der Waals surface area contributed by atoms with Gasteiger partial charge in [-0.1, -0.05) is 28.9 Å². The Labute approximate surface area is 122 Å². The summed E-state index contributed by atoms with van der Waals surface area (Å²) in [7, 11) is 3.82. The lowest BCUT2D eigenvalue weighted by Crippen LogP contribution is -2.13. The molecule has 0 aliphatic rings. The zero-order chi connectivity index (χ0) is 14.5. The molecule has 5 nitrogen and oxygen atoms in total. The molecule has 20 heavy (non-hydrogen) atoms. The molecule has 0 aliphatic carbocycles. The van der Waals surface area contributed by atoms with Gasteiger partial charge in [0.1, 0.15) is 12.1 Å². The minimum atomic E-state index is 0.418. The van der Waals surface area contributed by atoms with Gasteiger partial charge in [0.2, 0.25) is 0 Å². The van der Waals surface area contributed by atoms with Crippen molar-refractivity contribution in [1.82, 2.24) is 9.97 Å². The summed E-state index contributed by atoms with van der Waals surface area (Å²) in [6, 6.07) is 9.00. The second-order valence-corrected chi connectivity index (χ2v) is 4.93. The lowest BCUT2D eigenvalue weighted by atomic mass is 10.1. The van der Waals surface area contributed by atoms with Crippen LogP contribution in [0.4, 0.5) is 5.82 Å². The maximum absolute atomic E-state index is 9.19. The number of benzene rings is 1. The molecule has 0 saturated carbocycles. The van der Waals surface area contributed by atoms with Crippen LogP contribution in [0.2, 0.25) is 5.02 Å². The first-order chi connectivity index (χ1) is 9.60. The molecule has 0 fully saturated rings. The Balaban J connectivity index is 2.23. The predicted octanol–water partition coefficient (Wildman–Crippen LogP) is 2.62. The van der Waals surface area contributed by atoms with Crippen LogP contribution in [0.5, 0.6) is 0 Å². The highest BCUT2D eigenvalue weighted by Gasteiger charge is 2.08. The molecule has 6 heteroatoms. The van der Waals surface area contributed by atoms with Gasteiger partial charge < -0.3 is 10.1 Å². The SMILES string of the molecule is CN(C)c1cc(CC(=NO)c2ccc(Cl)cc2)ncn1. The van der Waals surface area contributed by atoms with E-state index in [2.05, 4.69) is 15.1 Å². The third-order valence-electron chi connectivity index (χ3n) is 2.81. The molecule has 0 unspecified atom stereocenters. The van der Waals surface area contributed by atoms with E-state index in [4.69, 9.17) is 11.6 Å². The molecular weight excluding hydrogens is 276 g/mol. The molecule has 0 saturated heterocycles. The summed E-state index contributed by atoms with van der Waals surface area (Å²) in [4.78, 5) is 10.2. The van der Waals surface area contributed by atoms with Crippen LogP contribution < -0.4 is 4.90 Å². The number of rotatable bonds is 4. The van der Waals surface area contributed by atoms with E-state index >= 15 is 0 Å². The zero-order valence-corrected chi connectivity index (χ0v) is 12.0. The van der Waals surface area contributed by atoms with Crippen LogP contribution in [0.1, 0.15) is 11.3 Å². The van der Waals surface area contributed by atoms with E-state index in [-0.39, 0.29) is 0 Å². The van der Waals surface area contributed by atoms with E-state index in [0.717, 1.165) is 17.1 Å². The first-order valence-electron chi connectivity index (χ1n) is 6.05. The fourth-order valence-electron chi connectivity index (χ4n) is 1.74. The number of oxime groups is 1. The van der Waals surface area contributed by atoms with Gasteiger partial charge in [-0.05, 0) is 17.7 Å². The molecule has 1 heterocycles. The van der Waals surface area contributed by atoms with Crippen molar-refractivity contribution in [3.8, 4) is 0 Å². The van der Waals surface area contributed by atoms with Crippen molar-refractivity contribution in [2.75, 3.05) is 19.0 Å². The highest BCUT2D eigenvalue weighted by molar-refractivity contribution is 6.30. The van der Waals surface area contributed by atoms with Gasteiger partial charge in [0, 0.05) is 31.6 Å². The molecule has 0 atom stereocenters. The van der Waals surface area contributed by atoms with Crippen molar-refractivity contribution >= 4 is 23.1 Å². The van der Waals surface area contributed by atoms with Crippen LogP contribution in [0.25, 0.3) is 0 Å². The molecule has 1 aromatic heterocycles. The number of nitrogens with zero attached hydrogens (tertiary/aromatic N) is 4. The van der Waals surface area contributed by atoms with Gasteiger partial charge in [-0.2, -0.15) is 0 Å². The summed E-state index contributed by atoms with van der Waals surface area (Å²) in [5, 5.41) is 13.2. The zero-order valence-electron chi connectivity index (χ0n) is 11.3. The van der Waals surface area contributed by atoms with Crippen molar-refractivity contribution in [3.05, 3.63) is 52.9 Å². The summed E-state index contributed by atoms with van der Waals surface area (Å²) >= 11 is 5.85. The second-order valence-electron chi connectivity index (χ2n) is 4.49. The monoisotopic (exact) mass is 290 g/mol. The topological polar surface area (TPSA) is 61.6 Å². The second kappa shape index (κ2) is 6.34. The van der Waals surface area contributed by atoms with E-state index in [9.17, 15) is 5.21 Å². The molecule has 0 aliphatic heterocycles. The number of hydrogen-bond donors (Lipinski definition) is 1. The fourth-order valence-corrected chi connectivity index (χ4v) is 1.86. The van der Waals surface area contributed by atoms with E-state index in [1.165, 1.54) is 6.33 Å². The quantitative estimate of drug-likeness (QED) is 0.534. The lowest BCUT2D eigenvalue weighted by molar-refractivity contribution is 0.318. The van der Waals surface area contributed by atoms with Crippen molar-refractivity contribution in [2.45, 2.75) is 6.42 Å². The van der Waals surface area contributed by atoms with Crippen molar-refractivity contribution in [1.29, 1.82) is 0 Å². The third kappa shape index (κ3) is 3.45. The van der Waals surface area contributed by atoms with Gasteiger partial charge in [-0.3, -0.25) is 0 Å². The Bertz CT molecular complexity index is 611.